The first-order chi connectivity index (χ1) is 16.5. The minimum atomic E-state index is -0.801. The van der Waals surface area contributed by atoms with E-state index >= 15 is 0 Å². The Bertz CT molecular complexity index is 1170. The fourth-order valence-electron chi connectivity index (χ4n) is 4.70. The van der Waals surface area contributed by atoms with E-state index in [0.29, 0.717) is 30.9 Å². The smallest absolute Gasteiger partial charge is 0.317 e. The number of rotatable bonds is 4. The van der Waals surface area contributed by atoms with E-state index in [1.54, 1.807) is 29.6 Å². The number of ketones is 1. The molecule has 9 heteroatoms. The van der Waals surface area contributed by atoms with Gasteiger partial charge >= 0.3 is 6.03 Å². The van der Waals surface area contributed by atoms with Crippen molar-refractivity contribution in [3.63, 3.8) is 0 Å². The summed E-state index contributed by atoms with van der Waals surface area (Å²) in [7, 11) is 1.89. The fraction of sp³-hybridized carbons (Fsp3) is 0.360. The van der Waals surface area contributed by atoms with Crippen LogP contribution in [0.5, 0.6) is 0 Å². The molecule has 4 aliphatic rings. The molecular weight excluding hydrogens is 430 g/mol. The van der Waals surface area contributed by atoms with Crippen LogP contribution in [-0.2, 0) is 6.54 Å². The number of carbonyl (C=O) groups is 2. The first kappa shape index (κ1) is 22.1. The first-order valence-corrected chi connectivity index (χ1v) is 11.6. The van der Waals surface area contributed by atoms with Crippen LogP contribution in [0.15, 0.2) is 64.1 Å². The molecule has 3 N–H and O–H groups in total. The average Bonchev–Trinajstić information content (AvgIpc) is 3.06. The molecule has 176 valence electrons. The Balaban J connectivity index is 1.34. The molecule has 1 aliphatic carbocycles. The maximum Gasteiger partial charge on any atom is 0.317 e. The van der Waals surface area contributed by atoms with Crippen molar-refractivity contribution >= 4 is 23.7 Å². The van der Waals surface area contributed by atoms with Crippen LogP contribution in [-0.4, -0.2) is 72.4 Å². The summed E-state index contributed by atoms with van der Waals surface area (Å²) in [6.45, 7) is 5.42. The van der Waals surface area contributed by atoms with E-state index in [0.717, 1.165) is 42.0 Å². The van der Waals surface area contributed by atoms with Gasteiger partial charge in [-0.05, 0) is 36.6 Å². The van der Waals surface area contributed by atoms with Crippen molar-refractivity contribution in [3.05, 3.63) is 70.7 Å². The predicted molar refractivity (Wildman–Crippen MR) is 132 cm³/mol. The number of carbonyl (C=O) groups excluding carboxylic acids is 2. The Morgan fingerprint density at radius 1 is 1.21 bits per heavy atom. The maximum absolute atomic E-state index is 13.4. The van der Waals surface area contributed by atoms with Crippen LogP contribution in [0.25, 0.3) is 0 Å². The summed E-state index contributed by atoms with van der Waals surface area (Å²) in [5.41, 5.74) is 3.90. The van der Waals surface area contributed by atoms with Crippen LogP contribution >= 0.6 is 0 Å². The molecule has 1 unspecified atom stereocenters. The van der Waals surface area contributed by atoms with Crippen LogP contribution in [0, 0.1) is 6.92 Å². The molecule has 3 aliphatic heterocycles. The molecule has 1 spiro atoms. The standard InChI is InChI=1S/C25H29N7O2/c1-17-14-18(6-7-19(17)15-28-24(34)32-12-10-26-11-13-32)23(33)20-8-9-27-21-4-3-5-22-25(21,30-20)16-29-31(22)2/h4-9,14,16,26-27H,3,10-13,15H2,1-2H3,(H,28,34). The normalized spacial score (nSPS) is 23.2. The van der Waals surface area contributed by atoms with Crippen LogP contribution in [0.1, 0.15) is 27.9 Å². The molecule has 2 amide bonds. The third-order valence-electron chi connectivity index (χ3n) is 6.65. The number of amides is 2. The van der Waals surface area contributed by atoms with Crippen molar-refractivity contribution in [2.75, 3.05) is 33.2 Å². The van der Waals surface area contributed by atoms with E-state index in [2.05, 4.69) is 33.2 Å². The zero-order valence-electron chi connectivity index (χ0n) is 19.5. The van der Waals surface area contributed by atoms with E-state index < -0.39 is 5.54 Å². The van der Waals surface area contributed by atoms with E-state index in [1.807, 2.05) is 31.0 Å². The second-order valence-corrected chi connectivity index (χ2v) is 8.82. The third-order valence-corrected chi connectivity index (χ3v) is 6.65. The van der Waals surface area contributed by atoms with Gasteiger partial charge in [0.1, 0.15) is 5.71 Å². The number of aliphatic imine (C=N–C) groups is 1. The first-order valence-electron chi connectivity index (χ1n) is 11.6. The number of urea groups is 1. The number of Topliss-reactive ketones (excluding diaryl/α,β-unsaturated/α-hetero) is 1. The van der Waals surface area contributed by atoms with E-state index in [4.69, 9.17) is 4.99 Å². The summed E-state index contributed by atoms with van der Waals surface area (Å²) >= 11 is 0. The maximum atomic E-state index is 13.4. The highest BCUT2D eigenvalue weighted by Gasteiger charge is 2.45. The minimum Gasteiger partial charge on any atom is -0.363 e. The lowest BCUT2D eigenvalue weighted by molar-refractivity contribution is 0.106. The summed E-state index contributed by atoms with van der Waals surface area (Å²) in [6, 6.07) is 5.51. The summed E-state index contributed by atoms with van der Waals surface area (Å²) in [6.07, 6.45) is 10.2. The van der Waals surface area contributed by atoms with Gasteiger partial charge in [0.25, 0.3) is 0 Å². The van der Waals surface area contributed by atoms with Crippen molar-refractivity contribution in [2.45, 2.75) is 25.4 Å². The third kappa shape index (κ3) is 3.92. The monoisotopic (exact) mass is 459 g/mol. The van der Waals surface area contributed by atoms with Gasteiger partial charge in [-0.3, -0.25) is 14.8 Å². The quantitative estimate of drug-likeness (QED) is 0.595. The fourth-order valence-corrected chi connectivity index (χ4v) is 4.70. The van der Waals surface area contributed by atoms with Crippen molar-refractivity contribution < 1.29 is 9.59 Å². The van der Waals surface area contributed by atoms with E-state index in [-0.39, 0.29) is 11.8 Å². The van der Waals surface area contributed by atoms with E-state index in [1.165, 1.54) is 0 Å². The molecule has 9 nitrogen and oxygen atoms in total. The zero-order valence-corrected chi connectivity index (χ0v) is 19.5. The molecule has 1 saturated heterocycles. The highest BCUT2D eigenvalue weighted by atomic mass is 16.2. The number of hydrogen-bond donors (Lipinski definition) is 3. The lowest BCUT2D eigenvalue weighted by Crippen LogP contribution is -2.50. The number of hydrazone groups is 1. The van der Waals surface area contributed by atoms with Gasteiger partial charge in [0.2, 0.25) is 5.78 Å². The van der Waals surface area contributed by atoms with Crippen molar-refractivity contribution in [1.82, 2.24) is 25.9 Å². The second kappa shape index (κ2) is 8.90. The summed E-state index contributed by atoms with van der Waals surface area (Å²) in [5.74, 6) is -0.152. The molecule has 1 aromatic rings. The van der Waals surface area contributed by atoms with Crippen molar-refractivity contribution in [3.8, 4) is 0 Å². The molecule has 34 heavy (non-hydrogen) atoms. The van der Waals surface area contributed by atoms with Crippen LogP contribution in [0.2, 0.25) is 0 Å². The molecule has 0 radical (unpaired) electrons. The summed E-state index contributed by atoms with van der Waals surface area (Å²) < 4.78 is 0. The Morgan fingerprint density at radius 3 is 2.82 bits per heavy atom. The van der Waals surface area contributed by atoms with Gasteiger partial charge in [0.05, 0.1) is 17.6 Å². The molecule has 0 bridgehead atoms. The number of allylic oxidation sites excluding steroid dienone is 3. The molecule has 1 aromatic carbocycles. The van der Waals surface area contributed by atoms with Crippen LogP contribution in [0.4, 0.5) is 4.79 Å². The number of piperazine rings is 1. The minimum absolute atomic E-state index is 0.0610. The number of benzene rings is 1. The number of nitrogens with zero attached hydrogens (tertiary/aromatic N) is 4. The zero-order chi connectivity index (χ0) is 23.7. The van der Waals surface area contributed by atoms with Crippen molar-refractivity contribution in [2.24, 2.45) is 10.1 Å². The SMILES string of the molecule is Cc1cc(C(=O)C2=NC34C=NN(C)C3=CCC=C4NC=C2)ccc1CNC(=O)N1CCNCC1. The highest BCUT2D eigenvalue weighted by molar-refractivity contribution is 6.50. The Morgan fingerprint density at radius 2 is 2.03 bits per heavy atom. The Labute approximate surface area is 199 Å². The van der Waals surface area contributed by atoms with Gasteiger partial charge in [0, 0.05) is 51.5 Å². The van der Waals surface area contributed by atoms with Gasteiger partial charge in [-0.15, -0.1) is 0 Å². The van der Waals surface area contributed by atoms with Gasteiger partial charge in [-0.25, -0.2) is 4.79 Å². The lowest BCUT2D eigenvalue weighted by Gasteiger charge is -2.30. The topological polar surface area (TPSA) is 101 Å². The second-order valence-electron chi connectivity index (χ2n) is 8.82. The van der Waals surface area contributed by atoms with Gasteiger partial charge in [0.15, 0.2) is 5.54 Å². The molecule has 3 heterocycles. The lowest BCUT2D eigenvalue weighted by atomic mass is 9.88. The molecule has 0 aromatic heterocycles. The molecule has 1 fully saturated rings. The molecular formula is C25H29N7O2. The Hall–Kier alpha value is -3.72. The van der Waals surface area contributed by atoms with Crippen LogP contribution in [0.3, 0.4) is 0 Å². The number of likely N-dealkylation sites (N-methyl/N-ethyl adjacent to an activating group) is 1. The number of nitrogens with one attached hydrogen (secondary N) is 3. The average molecular weight is 460 g/mol. The summed E-state index contributed by atoms with van der Waals surface area (Å²) in [5, 5.41) is 15.7. The van der Waals surface area contributed by atoms with Gasteiger partial charge < -0.3 is 20.9 Å². The highest BCUT2D eigenvalue weighted by Crippen LogP contribution is 2.38. The van der Waals surface area contributed by atoms with Crippen LogP contribution < -0.4 is 16.0 Å². The van der Waals surface area contributed by atoms with Crippen molar-refractivity contribution in [1.29, 1.82) is 0 Å². The molecule has 1 atom stereocenters. The molecule has 5 rings (SSSR count). The largest absolute Gasteiger partial charge is 0.363 e. The summed E-state index contributed by atoms with van der Waals surface area (Å²) in [4.78, 5) is 32.6. The van der Waals surface area contributed by atoms with Gasteiger partial charge in [-0.1, -0.05) is 24.3 Å². The molecule has 0 saturated carbocycles. The number of aryl methyl sites for hydroxylation is 1. The Kier molecular flexibility index (Phi) is 5.79. The van der Waals surface area contributed by atoms with E-state index in [9.17, 15) is 9.59 Å². The number of hydrogen-bond acceptors (Lipinski definition) is 7. The van der Waals surface area contributed by atoms with Gasteiger partial charge in [-0.2, -0.15) is 5.10 Å². The predicted octanol–water partition coefficient (Wildman–Crippen LogP) is 1.69.